The lowest BCUT2D eigenvalue weighted by Gasteiger charge is -2.85. The third-order valence-electron chi connectivity index (χ3n) is 9.70. The minimum Gasteiger partial charge on any atom is -0.390 e. The molecule has 0 aliphatic heterocycles. The molecule has 10 fully saturated rings. The van der Waals surface area contributed by atoms with Gasteiger partial charge in [-0.1, -0.05) is 0 Å². The van der Waals surface area contributed by atoms with Gasteiger partial charge < -0.3 is 10.2 Å². The van der Waals surface area contributed by atoms with Crippen molar-refractivity contribution in [2.75, 3.05) is 0 Å². The van der Waals surface area contributed by atoms with Gasteiger partial charge in [0.15, 0.2) is 0 Å². The maximum Gasteiger partial charge on any atom is 0.0659 e. The van der Waals surface area contributed by atoms with Crippen molar-refractivity contribution in [3.05, 3.63) is 0 Å². The van der Waals surface area contributed by atoms with Gasteiger partial charge in [-0.15, -0.1) is 0 Å². The third-order valence-corrected chi connectivity index (χ3v) is 9.70. The molecular weight excluding hydrogens is 248 g/mol. The number of hydrogen-bond acceptors (Lipinski definition) is 2. The van der Waals surface area contributed by atoms with Gasteiger partial charge in [0.2, 0.25) is 0 Å². The average Bonchev–Trinajstić information content (AvgIpc) is 2.33. The van der Waals surface area contributed by atoms with E-state index in [1.165, 1.54) is 6.42 Å². The molecule has 0 saturated heterocycles. The van der Waals surface area contributed by atoms with Crippen molar-refractivity contribution in [2.24, 2.45) is 52.8 Å². The van der Waals surface area contributed by atoms with Crippen LogP contribution in [0.2, 0.25) is 0 Å². The molecule has 10 saturated carbocycles. The molecular formula is C18H24O2. The van der Waals surface area contributed by atoms with Crippen LogP contribution in [0.1, 0.15) is 44.9 Å². The third kappa shape index (κ3) is 0.803. The Hall–Kier alpha value is -0.0800. The van der Waals surface area contributed by atoms with Gasteiger partial charge in [0.05, 0.1) is 11.2 Å². The molecule has 4 atom stereocenters. The van der Waals surface area contributed by atoms with Crippen LogP contribution in [0.15, 0.2) is 0 Å². The fourth-order valence-corrected chi connectivity index (χ4v) is 10.4. The molecule has 108 valence electrons. The molecule has 0 aromatic heterocycles. The van der Waals surface area contributed by atoms with Gasteiger partial charge in [-0.25, -0.2) is 0 Å². The molecule has 0 aromatic rings. The van der Waals surface area contributed by atoms with Crippen molar-refractivity contribution in [1.29, 1.82) is 0 Å². The summed E-state index contributed by atoms with van der Waals surface area (Å²) in [5.74, 6) is 7.01. The maximum absolute atomic E-state index is 11.1. The predicted molar refractivity (Wildman–Crippen MR) is 72.6 cm³/mol. The first-order chi connectivity index (χ1) is 9.52. The lowest BCUT2D eigenvalue weighted by Crippen LogP contribution is -2.82. The second kappa shape index (κ2) is 2.54. The van der Waals surface area contributed by atoms with Crippen LogP contribution in [0, 0.1) is 52.8 Å². The molecule has 0 aromatic carbocycles. The fourth-order valence-electron chi connectivity index (χ4n) is 10.4. The van der Waals surface area contributed by atoms with Crippen LogP contribution in [0.25, 0.3) is 0 Å². The highest BCUT2D eigenvalue weighted by Gasteiger charge is 2.82. The summed E-state index contributed by atoms with van der Waals surface area (Å²) in [6, 6.07) is 0. The zero-order valence-electron chi connectivity index (χ0n) is 12.0. The molecule has 10 aliphatic rings. The van der Waals surface area contributed by atoms with E-state index in [9.17, 15) is 10.2 Å². The molecule has 2 N–H and O–H groups in total. The molecule has 20 heavy (non-hydrogen) atoms. The van der Waals surface area contributed by atoms with Crippen molar-refractivity contribution in [2.45, 2.75) is 56.1 Å². The van der Waals surface area contributed by atoms with Gasteiger partial charge in [-0.05, 0) is 97.7 Å². The molecule has 1 spiro atoms. The average molecular weight is 272 g/mol. The van der Waals surface area contributed by atoms with Gasteiger partial charge in [-0.2, -0.15) is 0 Å². The van der Waals surface area contributed by atoms with E-state index >= 15 is 0 Å². The van der Waals surface area contributed by atoms with Crippen LogP contribution in [0.5, 0.6) is 0 Å². The molecule has 0 radical (unpaired) electrons. The van der Waals surface area contributed by atoms with Gasteiger partial charge in [-0.3, -0.25) is 0 Å². The van der Waals surface area contributed by atoms with Crippen molar-refractivity contribution < 1.29 is 10.2 Å². The van der Waals surface area contributed by atoms with Crippen LogP contribution >= 0.6 is 0 Å². The standard InChI is InChI=1S/C18H24O2/c19-16-2-10-8-1-9-12-4-17(20)5-13(9)15(11(8)3-16)18(6-16,7-17)14(10)12/h8-15,19-20H,1-7H2. The van der Waals surface area contributed by atoms with E-state index in [1.54, 1.807) is 0 Å². The van der Waals surface area contributed by atoms with E-state index in [0.717, 1.165) is 85.9 Å². The van der Waals surface area contributed by atoms with Crippen LogP contribution in [-0.4, -0.2) is 21.4 Å². The summed E-state index contributed by atoms with van der Waals surface area (Å²) >= 11 is 0. The second-order valence-electron chi connectivity index (χ2n) is 10.1. The molecule has 0 heterocycles. The summed E-state index contributed by atoms with van der Waals surface area (Å²) < 4.78 is 0. The zero-order chi connectivity index (χ0) is 13.1. The fraction of sp³-hybridized carbons (Fsp3) is 1.00. The lowest BCUT2D eigenvalue weighted by molar-refractivity contribution is -0.391. The normalized spacial score (nSPS) is 80.7. The molecule has 4 unspecified atom stereocenters. The van der Waals surface area contributed by atoms with Gasteiger partial charge in [0, 0.05) is 0 Å². The van der Waals surface area contributed by atoms with Crippen LogP contribution in [-0.2, 0) is 0 Å². The van der Waals surface area contributed by atoms with E-state index in [-0.39, 0.29) is 11.2 Å². The van der Waals surface area contributed by atoms with Crippen LogP contribution < -0.4 is 0 Å². The number of aliphatic hydroxyl groups is 2. The molecule has 2 nitrogen and oxygen atoms in total. The SMILES string of the molecule is OC12CC3C4CC5C6CC7(O)CC5C(C4C1)C(C2)(C7)C36. The van der Waals surface area contributed by atoms with E-state index in [1.807, 2.05) is 0 Å². The zero-order valence-corrected chi connectivity index (χ0v) is 12.0. The van der Waals surface area contributed by atoms with Gasteiger partial charge in [0.1, 0.15) is 0 Å². The van der Waals surface area contributed by atoms with Gasteiger partial charge >= 0.3 is 0 Å². The van der Waals surface area contributed by atoms with Crippen LogP contribution in [0.3, 0.4) is 0 Å². The first kappa shape index (κ1) is 10.6. The summed E-state index contributed by atoms with van der Waals surface area (Å²) in [7, 11) is 0. The minimum atomic E-state index is -0.340. The van der Waals surface area contributed by atoms with Crippen molar-refractivity contribution in [3.63, 3.8) is 0 Å². The number of rotatable bonds is 0. The minimum absolute atomic E-state index is 0.340. The lowest BCUT2D eigenvalue weighted by atomic mass is 9.21. The Morgan fingerprint density at radius 3 is 1.40 bits per heavy atom. The summed E-state index contributed by atoms with van der Waals surface area (Å²) in [5, 5.41) is 22.2. The summed E-state index contributed by atoms with van der Waals surface area (Å²) in [5.41, 5.74) is -0.310. The Balaban J connectivity index is 1.55. The summed E-state index contributed by atoms with van der Waals surface area (Å²) in [6.45, 7) is 0. The predicted octanol–water partition coefficient (Wildman–Crippen LogP) is 2.19. The van der Waals surface area contributed by atoms with E-state index < -0.39 is 0 Å². The van der Waals surface area contributed by atoms with Crippen molar-refractivity contribution in [3.8, 4) is 0 Å². The van der Waals surface area contributed by atoms with Crippen molar-refractivity contribution >= 4 is 0 Å². The molecule has 10 rings (SSSR count). The second-order valence-corrected chi connectivity index (χ2v) is 10.1. The summed E-state index contributed by atoms with van der Waals surface area (Å²) in [6.07, 6.45) is 8.01. The Labute approximate surface area is 119 Å². The van der Waals surface area contributed by atoms with Gasteiger partial charge in [0.25, 0.3) is 0 Å². The topological polar surface area (TPSA) is 40.5 Å². The van der Waals surface area contributed by atoms with E-state index in [2.05, 4.69) is 0 Å². The molecule has 11 bridgehead atoms. The smallest absolute Gasteiger partial charge is 0.0659 e. The highest BCUT2D eigenvalue weighted by molar-refractivity contribution is 5.31. The van der Waals surface area contributed by atoms with Crippen LogP contribution in [0.4, 0.5) is 0 Å². The summed E-state index contributed by atoms with van der Waals surface area (Å²) in [4.78, 5) is 0. The highest BCUT2D eigenvalue weighted by Crippen LogP contribution is 2.85. The maximum atomic E-state index is 11.1. The molecule has 2 heteroatoms. The van der Waals surface area contributed by atoms with E-state index in [4.69, 9.17) is 0 Å². The largest absolute Gasteiger partial charge is 0.390 e. The molecule has 0 amide bonds. The Morgan fingerprint density at radius 2 is 1.00 bits per heavy atom. The molecule has 10 aliphatic carbocycles. The number of hydrogen-bond donors (Lipinski definition) is 2. The Bertz CT molecular complexity index is 478. The van der Waals surface area contributed by atoms with Crippen molar-refractivity contribution in [1.82, 2.24) is 0 Å². The Kier molecular flexibility index (Phi) is 1.35. The highest BCUT2D eigenvalue weighted by atomic mass is 16.3. The van der Waals surface area contributed by atoms with E-state index in [0.29, 0.717) is 5.41 Å². The quantitative estimate of drug-likeness (QED) is 0.709. The first-order valence-corrected chi connectivity index (χ1v) is 8.97. The monoisotopic (exact) mass is 272 g/mol. The Morgan fingerprint density at radius 1 is 0.600 bits per heavy atom. The first-order valence-electron chi connectivity index (χ1n) is 8.97.